The summed E-state index contributed by atoms with van der Waals surface area (Å²) in [7, 11) is -10.8. The molecule has 5 heterocycles. The quantitative estimate of drug-likeness (QED) is 0.0590. The molecule has 0 aliphatic carbocycles. The van der Waals surface area contributed by atoms with Crippen LogP contribution in [0.4, 0.5) is 10.6 Å². The molecule has 8 unspecified atom stereocenters. The molecule has 3 aliphatic heterocycles. The van der Waals surface area contributed by atoms with Crippen LogP contribution >= 0.6 is 27.4 Å². The summed E-state index contributed by atoms with van der Waals surface area (Å²) >= 11 is 1.81. The number of aliphatic hydroxyl groups excluding tert-OH is 2. The highest BCUT2D eigenvalue weighted by Crippen LogP contribution is 2.60. The fourth-order valence-electron chi connectivity index (χ4n) is 5.65. The molecule has 0 saturated carbocycles. The number of urea groups is 1. The maximum absolute atomic E-state index is 12.3. The standard InChI is InChI=1S/C25H38N8O13P2S/c26-22-19-23(29-11-28-22)33(12-30-19)24-21(37)20(36)14(44-24)9-43-47(39,40)46-48(41,42)45-17(35)7-3-4-8-27-16(34)6-2-1-5-15-18-13(10-49-15)31-25(38)32-18/h11-15,18,20-21,24,36-37H,1-10H2,(H,27,34)(H,39,40)(H,41,42)(H2,26,28,29)(H2,31,32,38)/t13?,14?,15-,18?,20?,21?,24?/m0/s1. The minimum Gasteiger partial charge on any atom is -0.387 e. The second kappa shape index (κ2) is 16.0. The van der Waals surface area contributed by atoms with E-state index in [-0.39, 0.29) is 60.4 Å². The average Bonchev–Trinajstić information content (AvgIpc) is 3.78. The highest BCUT2D eigenvalue weighted by Gasteiger charge is 2.47. The number of rotatable bonds is 17. The number of thioether (sulfide) groups is 1. The van der Waals surface area contributed by atoms with Crippen molar-refractivity contribution < 1.29 is 61.6 Å². The minimum absolute atomic E-state index is 0.0590. The highest BCUT2D eigenvalue weighted by molar-refractivity contribution is 8.00. The Hall–Kier alpha value is -2.91. The number of phosphoric ester groups is 2. The molecule has 49 heavy (non-hydrogen) atoms. The van der Waals surface area contributed by atoms with Gasteiger partial charge in [-0.15, -0.1) is 0 Å². The SMILES string of the molecule is Nc1ncnc2c1ncn2C1OC(COP(=O)(O)OP(=O)(O)OC(=O)CCCCNC(=O)CCCC[C@@H]2SCC3NC(=O)NC32)C(O)C1O. The van der Waals surface area contributed by atoms with Crippen LogP contribution in [0, 0.1) is 0 Å². The first kappa shape index (κ1) is 37.3. The van der Waals surface area contributed by atoms with Crippen molar-refractivity contribution in [2.75, 3.05) is 24.6 Å². The molecule has 272 valence electrons. The maximum Gasteiger partial charge on any atom is 0.538 e. The Morgan fingerprint density at radius 1 is 1.08 bits per heavy atom. The first-order chi connectivity index (χ1) is 23.2. The van der Waals surface area contributed by atoms with Crippen molar-refractivity contribution in [1.82, 2.24) is 35.5 Å². The number of nitrogens with zero attached hydrogens (tertiary/aromatic N) is 4. The normalized spacial score (nSPS) is 28.7. The van der Waals surface area contributed by atoms with Crippen molar-refractivity contribution in [1.29, 1.82) is 0 Å². The van der Waals surface area contributed by atoms with Gasteiger partial charge in [0.2, 0.25) is 5.91 Å². The van der Waals surface area contributed by atoms with Gasteiger partial charge in [-0.25, -0.2) is 28.9 Å². The largest absolute Gasteiger partial charge is 0.538 e. The third-order valence-electron chi connectivity index (χ3n) is 8.03. The summed E-state index contributed by atoms with van der Waals surface area (Å²) in [4.78, 5) is 67.3. The van der Waals surface area contributed by atoms with Crippen LogP contribution < -0.4 is 21.7 Å². The number of anilines is 1. The molecule has 0 bridgehead atoms. The first-order valence-electron chi connectivity index (χ1n) is 15.4. The summed E-state index contributed by atoms with van der Waals surface area (Å²) in [5.74, 6) is -0.422. The van der Waals surface area contributed by atoms with E-state index in [2.05, 4.69) is 44.3 Å². The number of nitrogens with one attached hydrogen (secondary N) is 3. The Morgan fingerprint density at radius 2 is 1.86 bits per heavy atom. The number of hydrogen-bond donors (Lipinski definition) is 8. The van der Waals surface area contributed by atoms with E-state index in [9.17, 15) is 43.5 Å². The zero-order valence-electron chi connectivity index (χ0n) is 25.9. The van der Waals surface area contributed by atoms with E-state index in [1.54, 1.807) is 0 Å². The molecule has 3 saturated heterocycles. The summed E-state index contributed by atoms with van der Waals surface area (Å²) < 4.78 is 44.6. The van der Waals surface area contributed by atoms with E-state index in [4.69, 9.17) is 10.5 Å². The maximum atomic E-state index is 12.3. The summed E-state index contributed by atoms with van der Waals surface area (Å²) in [6, 6.07) is 0.141. The fourth-order valence-corrected chi connectivity index (χ4v) is 9.24. The van der Waals surface area contributed by atoms with Crippen LogP contribution in [0.2, 0.25) is 0 Å². The molecular formula is C25H38N8O13P2S. The third kappa shape index (κ3) is 9.66. The van der Waals surface area contributed by atoms with Crippen molar-refractivity contribution in [2.45, 2.75) is 86.8 Å². The Labute approximate surface area is 283 Å². The van der Waals surface area contributed by atoms with Gasteiger partial charge < -0.3 is 46.1 Å². The number of hydrogen-bond acceptors (Lipinski definition) is 16. The number of amides is 3. The number of carbonyl (C=O) groups excluding carboxylic acids is 3. The number of imidazole rings is 1. The van der Waals surface area contributed by atoms with Gasteiger partial charge in [0.25, 0.3) is 0 Å². The molecular weight excluding hydrogens is 714 g/mol. The predicted octanol–water partition coefficient (Wildman–Crippen LogP) is -0.183. The van der Waals surface area contributed by atoms with E-state index in [1.165, 1.54) is 10.9 Å². The molecule has 2 aromatic heterocycles. The highest BCUT2D eigenvalue weighted by atomic mass is 32.2. The van der Waals surface area contributed by atoms with Crippen LogP contribution in [0.25, 0.3) is 11.2 Å². The number of phosphoric acid groups is 2. The summed E-state index contributed by atoms with van der Waals surface area (Å²) in [5, 5.41) is 29.8. The Kier molecular flexibility index (Phi) is 12.2. The van der Waals surface area contributed by atoms with Gasteiger partial charge in [0.15, 0.2) is 17.7 Å². The van der Waals surface area contributed by atoms with Gasteiger partial charge in [0.05, 0.1) is 25.0 Å². The second-order valence-electron chi connectivity index (χ2n) is 11.6. The van der Waals surface area contributed by atoms with E-state index >= 15 is 0 Å². The van der Waals surface area contributed by atoms with Crippen LogP contribution in [0.1, 0.15) is 51.2 Å². The van der Waals surface area contributed by atoms with E-state index in [1.807, 2.05) is 11.8 Å². The molecule has 3 aliphatic rings. The lowest BCUT2D eigenvalue weighted by Crippen LogP contribution is -2.36. The number of fused-ring (bicyclic) bond motifs is 2. The third-order valence-corrected chi connectivity index (χ3v) is 12.1. The van der Waals surface area contributed by atoms with Crippen molar-refractivity contribution in [2.24, 2.45) is 0 Å². The number of aliphatic hydroxyl groups is 2. The topological polar surface area (TPSA) is 309 Å². The molecule has 0 radical (unpaired) electrons. The van der Waals surface area contributed by atoms with Crippen LogP contribution in [0.15, 0.2) is 12.7 Å². The van der Waals surface area contributed by atoms with Gasteiger partial charge in [0.1, 0.15) is 30.2 Å². The number of unbranched alkanes of at least 4 members (excludes halogenated alkanes) is 2. The summed E-state index contributed by atoms with van der Waals surface area (Å²) in [6.45, 7) is -0.633. The van der Waals surface area contributed by atoms with Crippen molar-refractivity contribution in [3.05, 3.63) is 12.7 Å². The molecule has 3 amide bonds. The summed E-state index contributed by atoms with van der Waals surface area (Å²) in [5.41, 5.74) is 6.13. The van der Waals surface area contributed by atoms with Gasteiger partial charge in [0, 0.05) is 30.4 Å². The minimum atomic E-state index is -5.42. The van der Waals surface area contributed by atoms with E-state index in [0.717, 1.165) is 24.9 Å². The molecule has 21 nitrogen and oxygen atoms in total. The fraction of sp³-hybridized carbons (Fsp3) is 0.680. The lowest BCUT2D eigenvalue weighted by atomic mass is 10.0. The smallest absolute Gasteiger partial charge is 0.387 e. The van der Waals surface area contributed by atoms with Gasteiger partial charge >= 0.3 is 27.6 Å². The van der Waals surface area contributed by atoms with Crippen LogP contribution in [-0.2, 0) is 36.8 Å². The van der Waals surface area contributed by atoms with Crippen LogP contribution in [0.5, 0.6) is 0 Å². The molecule has 9 N–H and O–H groups in total. The lowest BCUT2D eigenvalue weighted by Gasteiger charge is -2.19. The van der Waals surface area contributed by atoms with Crippen molar-refractivity contribution in [3.63, 3.8) is 0 Å². The molecule has 2 aromatic rings. The number of ether oxygens (including phenoxy) is 1. The Balaban J connectivity index is 0.948. The second-order valence-corrected chi connectivity index (χ2v) is 15.8. The first-order valence-corrected chi connectivity index (χ1v) is 19.4. The van der Waals surface area contributed by atoms with E-state index in [0.29, 0.717) is 24.5 Å². The van der Waals surface area contributed by atoms with Gasteiger partial charge in [-0.2, -0.15) is 16.1 Å². The Morgan fingerprint density at radius 3 is 2.65 bits per heavy atom. The summed E-state index contributed by atoms with van der Waals surface area (Å²) in [6.07, 6.45) is -0.621. The van der Waals surface area contributed by atoms with Crippen molar-refractivity contribution >= 4 is 62.3 Å². The van der Waals surface area contributed by atoms with Gasteiger partial charge in [-0.3, -0.25) is 23.6 Å². The number of nitrogen functional groups attached to an aromatic ring is 1. The monoisotopic (exact) mass is 752 g/mol. The predicted molar refractivity (Wildman–Crippen MR) is 169 cm³/mol. The molecule has 24 heteroatoms. The van der Waals surface area contributed by atoms with Gasteiger partial charge in [-0.05, 0) is 25.7 Å². The molecule has 3 fully saturated rings. The number of nitrogens with two attached hydrogens (primary N) is 1. The molecule has 9 atom stereocenters. The number of aromatic nitrogens is 4. The van der Waals surface area contributed by atoms with Crippen LogP contribution in [0.3, 0.4) is 0 Å². The Bertz CT molecular complexity index is 1620. The van der Waals surface area contributed by atoms with Crippen LogP contribution in [-0.4, -0.2) is 112 Å². The zero-order valence-corrected chi connectivity index (χ0v) is 28.5. The lowest BCUT2D eigenvalue weighted by molar-refractivity contribution is -0.135. The van der Waals surface area contributed by atoms with Crippen molar-refractivity contribution in [3.8, 4) is 0 Å². The molecule has 0 aromatic carbocycles. The molecule has 5 rings (SSSR count). The average molecular weight is 753 g/mol. The number of carbonyl (C=O) groups is 3. The van der Waals surface area contributed by atoms with E-state index < -0.39 is 52.8 Å². The molecule has 0 spiro atoms. The zero-order chi connectivity index (χ0) is 35.3. The van der Waals surface area contributed by atoms with Gasteiger partial charge in [-0.1, -0.05) is 6.42 Å².